The van der Waals surface area contributed by atoms with Gasteiger partial charge in [-0.25, -0.2) is 9.38 Å². The Hall–Kier alpha value is -1.42. The highest BCUT2D eigenvalue weighted by atomic mass is 127. The van der Waals surface area contributed by atoms with Crippen molar-refractivity contribution in [1.29, 1.82) is 0 Å². The molecule has 0 saturated heterocycles. The second-order valence-electron chi connectivity index (χ2n) is 5.87. The lowest BCUT2D eigenvalue weighted by molar-refractivity contribution is -0.127. The number of carbonyl (C=O) groups is 1. The number of halogens is 2. The summed E-state index contributed by atoms with van der Waals surface area (Å²) in [5, 5.41) is 6.16. The summed E-state index contributed by atoms with van der Waals surface area (Å²) in [6.45, 7) is 6.18. The second-order valence-corrected chi connectivity index (χ2v) is 5.87. The topological polar surface area (TPSA) is 66.0 Å². The van der Waals surface area contributed by atoms with Crippen LogP contribution in [0.5, 0.6) is 0 Å². The molecule has 6 nitrogen and oxygen atoms in total. The zero-order chi connectivity index (χ0) is 18.7. The Labute approximate surface area is 172 Å². The standard InChI is InChI=1S/C18H29FN4O2.HI/c1-5-25-10-6-9-20-18(22-13-17(24)23(3)4)21-12-15-8-7-14(2)16(19)11-15;/h7-8,11H,5-6,9-10,12-13H2,1-4H3,(H2,20,21,22);1H. The SMILES string of the molecule is CCOCCCNC(=NCc1ccc(C)c(F)c1)NCC(=O)N(C)C.I. The number of ether oxygens (including phenoxy) is 1. The molecule has 0 fully saturated rings. The molecular weight excluding hydrogens is 450 g/mol. The highest BCUT2D eigenvalue weighted by Crippen LogP contribution is 2.09. The smallest absolute Gasteiger partial charge is 0.241 e. The molecule has 0 radical (unpaired) electrons. The maximum absolute atomic E-state index is 13.6. The van der Waals surface area contributed by atoms with E-state index in [2.05, 4.69) is 15.6 Å². The molecule has 1 rings (SSSR count). The van der Waals surface area contributed by atoms with E-state index in [4.69, 9.17) is 4.74 Å². The number of aryl methyl sites for hydroxylation is 1. The fraction of sp³-hybridized carbons (Fsp3) is 0.556. The van der Waals surface area contributed by atoms with Gasteiger partial charge in [0.2, 0.25) is 5.91 Å². The maximum atomic E-state index is 13.6. The third-order valence-electron chi connectivity index (χ3n) is 3.52. The van der Waals surface area contributed by atoms with Gasteiger partial charge in [0.15, 0.2) is 5.96 Å². The highest BCUT2D eigenvalue weighted by molar-refractivity contribution is 14.0. The van der Waals surface area contributed by atoms with Crippen LogP contribution in [0, 0.1) is 12.7 Å². The predicted molar refractivity (Wildman–Crippen MR) is 114 cm³/mol. The number of hydrogen-bond acceptors (Lipinski definition) is 3. The molecule has 0 aliphatic carbocycles. The molecule has 2 N–H and O–H groups in total. The van der Waals surface area contributed by atoms with E-state index in [-0.39, 0.29) is 42.2 Å². The predicted octanol–water partition coefficient (Wildman–Crippen LogP) is 2.30. The summed E-state index contributed by atoms with van der Waals surface area (Å²) in [6.07, 6.45) is 0.829. The van der Waals surface area contributed by atoms with E-state index in [1.165, 1.54) is 11.0 Å². The molecule has 0 aromatic heterocycles. The molecule has 1 aromatic rings. The molecule has 0 aliphatic heterocycles. The first-order valence-electron chi connectivity index (χ1n) is 8.49. The number of nitrogens with one attached hydrogen (secondary N) is 2. The van der Waals surface area contributed by atoms with E-state index in [1.54, 1.807) is 27.1 Å². The zero-order valence-corrected chi connectivity index (χ0v) is 18.3. The summed E-state index contributed by atoms with van der Waals surface area (Å²) in [5.74, 6) is 0.229. The normalized spacial score (nSPS) is 10.9. The van der Waals surface area contributed by atoms with E-state index < -0.39 is 0 Å². The van der Waals surface area contributed by atoms with Crippen molar-refractivity contribution in [2.24, 2.45) is 4.99 Å². The van der Waals surface area contributed by atoms with Crippen molar-refractivity contribution in [3.05, 3.63) is 35.1 Å². The van der Waals surface area contributed by atoms with Crippen molar-refractivity contribution in [2.75, 3.05) is 40.4 Å². The molecule has 148 valence electrons. The molecule has 1 aromatic carbocycles. The van der Waals surface area contributed by atoms with Crippen LogP contribution in [0.3, 0.4) is 0 Å². The van der Waals surface area contributed by atoms with Crippen molar-refractivity contribution < 1.29 is 13.9 Å². The third-order valence-corrected chi connectivity index (χ3v) is 3.52. The second kappa shape index (κ2) is 13.7. The molecule has 0 spiro atoms. The van der Waals surface area contributed by atoms with Gasteiger partial charge in [0, 0.05) is 33.9 Å². The van der Waals surface area contributed by atoms with Gasteiger partial charge in [-0.15, -0.1) is 24.0 Å². The molecule has 0 heterocycles. The van der Waals surface area contributed by atoms with E-state index in [9.17, 15) is 9.18 Å². The van der Waals surface area contributed by atoms with Crippen molar-refractivity contribution in [2.45, 2.75) is 26.8 Å². The number of rotatable bonds is 9. The molecule has 26 heavy (non-hydrogen) atoms. The van der Waals surface area contributed by atoms with E-state index >= 15 is 0 Å². The minimum Gasteiger partial charge on any atom is -0.382 e. The highest BCUT2D eigenvalue weighted by Gasteiger charge is 2.06. The van der Waals surface area contributed by atoms with Gasteiger partial charge in [-0.05, 0) is 37.5 Å². The van der Waals surface area contributed by atoms with Crippen LogP contribution in [0.1, 0.15) is 24.5 Å². The van der Waals surface area contributed by atoms with Gasteiger partial charge in [0.05, 0.1) is 13.1 Å². The van der Waals surface area contributed by atoms with Crippen LogP contribution in [0.4, 0.5) is 4.39 Å². The molecule has 0 unspecified atom stereocenters. The average Bonchev–Trinajstić information content (AvgIpc) is 2.58. The summed E-state index contributed by atoms with van der Waals surface area (Å²) in [5.41, 5.74) is 1.38. The van der Waals surface area contributed by atoms with Crippen molar-refractivity contribution in [3.8, 4) is 0 Å². The Morgan fingerprint density at radius 3 is 2.65 bits per heavy atom. The molecule has 8 heteroatoms. The monoisotopic (exact) mass is 480 g/mol. The molecule has 0 saturated carbocycles. The Balaban J connectivity index is 0.00000625. The molecule has 0 atom stereocenters. The summed E-state index contributed by atoms with van der Waals surface area (Å²) >= 11 is 0. The largest absolute Gasteiger partial charge is 0.382 e. The van der Waals surface area contributed by atoms with Gasteiger partial charge in [0.25, 0.3) is 0 Å². The molecular formula is C18H30FIN4O2. The van der Waals surface area contributed by atoms with Gasteiger partial charge in [0.1, 0.15) is 5.82 Å². The lowest BCUT2D eigenvalue weighted by atomic mass is 10.1. The summed E-state index contributed by atoms with van der Waals surface area (Å²) < 4.78 is 18.9. The molecule has 1 amide bonds. The number of carbonyl (C=O) groups excluding carboxylic acids is 1. The number of nitrogens with zero attached hydrogens (tertiary/aromatic N) is 2. The van der Waals surface area contributed by atoms with Gasteiger partial charge < -0.3 is 20.3 Å². The summed E-state index contributed by atoms with van der Waals surface area (Å²) in [6, 6.07) is 5.06. The van der Waals surface area contributed by atoms with E-state index in [0.29, 0.717) is 37.8 Å². The Bertz CT molecular complexity index is 582. The zero-order valence-electron chi connectivity index (χ0n) is 16.0. The number of amides is 1. The first kappa shape index (κ1) is 24.6. The first-order valence-corrected chi connectivity index (χ1v) is 8.49. The Kier molecular flexibility index (Phi) is 13.0. The van der Waals surface area contributed by atoms with Crippen LogP contribution in [-0.4, -0.2) is 57.2 Å². The minimum atomic E-state index is -0.241. The maximum Gasteiger partial charge on any atom is 0.241 e. The lowest BCUT2D eigenvalue weighted by Crippen LogP contribution is -2.43. The van der Waals surface area contributed by atoms with E-state index in [1.807, 2.05) is 13.0 Å². The third kappa shape index (κ3) is 9.91. The molecule has 0 bridgehead atoms. The first-order chi connectivity index (χ1) is 11.9. The van der Waals surface area contributed by atoms with Crippen LogP contribution in [0.15, 0.2) is 23.2 Å². The van der Waals surface area contributed by atoms with Crippen LogP contribution in [0.25, 0.3) is 0 Å². The van der Waals surface area contributed by atoms with Crippen LogP contribution in [-0.2, 0) is 16.1 Å². The van der Waals surface area contributed by atoms with Gasteiger partial charge >= 0.3 is 0 Å². The fourth-order valence-electron chi connectivity index (χ4n) is 1.92. The quantitative estimate of drug-likeness (QED) is 0.247. The number of guanidine groups is 1. The summed E-state index contributed by atoms with van der Waals surface area (Å²) in [7, 11) is 3.40. The van der Waals surface area contributed by atoms with Crippen LogP contribution < -0.4 is 10.6 Å². The Morgan fingerprint density at radius 1 is 1.31 bits per heavy atom. The van der Waals surface area contributed by atoms with Gasteiger partial charge in [-0.2, -0.15) is 0 Å². The fourth-order valence-corrected chi connectivity index (χ4v) is 1.92. The molecule has 0 aliphatic rings. The Morgan fingerprint density at radius 2 is 2.04 bits per heavy atom. The lowest BCUT2D eigenvalue weighted by Gasteiger charge is -2.15. The van der Waals surface area contributed by atoms with Gasteiger partial charge in [-0.3, -0.25) is 4.79 Å². The number of aliphatic imine (C=N–C) groups is 1. The van der Waals surface area contributed by atoms with Crippen LogP contribution in [0.2, 0.25) is 0 Å². The minimum absolute atomic E-state index is 0. The number of hydrogen-bond donors (Lipinski definition) is 2. The number of likely N-dealkylation sites (N-methyl/N-ethyl adjacent to an activating group) is 1. The number of benzene rings is 1. The van der Waals surface area contributed by atoms with Crippen molar-refractivity contribution in [1.82, 2.24) is 15.5 Å². The average molecular weight is 480 g/mol. The van der Waals surface area contributed by atoms with Crippen LogP contribution >= 0.6 is 24.0 Å². The van der Waals surface area contributed by atoms with Gasteiger partial charge in [-0.1, -0.05) is 12.1 Å². The van der Waals surface area contributed by atoms with E-state index in [0.717, 1.165) is 12.0 Å². The van der Waals surface area contributed by atoms with Crippen molar-refractivity contribution in [3.63, 3.8) is 0 Å². The summed E-state index contributed by atoms with van der Waals surface area (Å²) in [4.78, 5) is 17.7. The van der Waals surface area contributed by atoms with Crippen molar-refractivity contribution >= 4 is 35.8 Å².